The zero-order valence-electron chi connectivity index (χ0n) is 7.75. The van der Waals surface area contributed by atoms with Gasteiger partial charge in [0.2, 0.25) is 0 Å². The fourth-order valence-corrected chi connectivity index (χ4v) is 1.05. The summed E-state index contributed by atoms with van der Waals surface area (Å²) < 4.78 is 10.4. The minimum atomic E-state index is -3.98. The Kier molecular flexibility index (Phi) is 5.64. The van der Waals surface area contributed by atoms with E-state index >= 15 is 0 Å². The lowest BCUT2D eigenvalue weighted by Gasteiger charge is -2.05. The monoisotopic (exact) mass is 223 g/mol. The molecule has 82 valence electrons. The zero-order chi connectivity index (χ0) is 11.2. The minimum absolute atomic E-state index is 0.271. The van der Waals surface area contributed by atoms with Gasteiger partial charge in [0.05, 0.1) is 6.16 Å². The van der Waals surface area contributed by atoms with Crippen LogP contribution in [0, 0.1) is 0 Å². The fraction of sp³-hybridized carbons (Fsp3) is 0.571. The first-order chi connectivity index (χ1) is 6.33. The molecule has 0 spiro atoms. The summed E-state index contributed by atoms with van der Waals surface area (Å²) in [6, 6.07) is -0.672. The summed E-state index contributed by atoms with van der Waals surface area (Å²) >= 11 is 0. The molecule has 0 aromatic rings. The maximum absolute atomic E-state index is 10.4. The Bertz CT molecular complexity index is 259. The van der Waals surface area contributed by atoms with E-state index in [-0.39, 0.29) is 12.7 Å². The highest BCUT2D eigenvalue weighted by molar-refractivity contribution is 7.51. The lowest BCUT2D eigenvalue weighted by Crippen LogP contribution is -2.33. The number of rotatable bonds is 6. The van der Waals surface area contributed by atoms with Crippen LogP contribution in [0.15, 0.2) is 12.2 Å². The van der Waals surface area contributed by atoms with Gasteiger partial charge in [0.1, 0.15) is 6.04 Å². The minimum Gasteiger partial charge on any atom is -0.480 e. The summed E-state index contributed by atoms with van der Waals surface area (Å²) in [6.07, 6.45) is 2.48. The average Bonchev–Trinajstić information content (AvgIpc) is 2.01. The van der Waals surface area contributed by atoms with Crippen molar-refractivity contribution in [3.63, 3.8) is 0 Å². The van der Waals surface area contributed by atoms with Gasteiger partial charge < -0.3 is 20.2 Å². The van der Waals surface area contributed by atoms with E-state index in [0.717, 1.165) is 0 Å². The Morgan fingerprint density at radius 3 is 2.50 bits per heavy atom. The van der Waals surface area contributed by atoms with Crippen molar-refractivity contribution in [2.75, 3.05) is 12.7 Å². The summed E-state index contributed by atoms with van der Waals surface area (Å²) in [5, 5.41) is 11.1. The molecular formula is C7H14NO5P. The maximum atomic E-state index is 10.4. The molecule has 0 saturated heterocycles. The molecule has 0 bridgehead atoms. The smallest absolute Gasteiger partial charge is 0.329 e. The number of nitrogens with one attached hydrogen (secondary N) is 1. The molecule has 0 aliphatic carbocycles. The van der Waals surface area contributed by atoms with Crippen LogP contribution in [0.1, 0.15) is 6.92 Å². The second-order valence-corrected chi connectivity index (χ2v) is 4.48. The van der Waals surface area contributed by atoms with E-state index in [1.165, 1.54) is 19.1 Å². The largest absolute Gasteiger partial charge is 0.480 e. The lowest BCUT2D eigenvalue weighted by atomic mass is 10.3. The van der Waals surface area contributed by atoms with Crippen LogP contribution in [0.3, 0.4) is 0 Å². The Hall–Kier alpha value is -0.680. The number of carboxylic acids is 1. The first-order valence-corrected chi connectivity index (χ1v) is 5.78. The van der Waals surface area contributed by atoms with E-state index < -0.39 is 19.6 Å². The molecule has 0 rings (SSSR count). The highest BCUT2D eigenvalue weighted by Gasteiger charge is 2.09. The van der Waals surface area contributed by atoms with Crippen LogP contribution in [0.2, 0.25) is 0 Å². The predicted octanol–water partition coefficient (Wildman–Crippen LogP) is -0.217. The van der Waals surface area contributed by atoms with Gasteiger partial charge in [0.25, 0.3) is 0 Å². The van der Waals surface area contributed by atoms with Gasteiger partial charge in [-0.1, -0.05) is 12.2 Å². The second kappa shape index (κ2) is 5.93. The SMILES string of the molecule is C[C@H](NC/C=C/CP(=O)(O)O)C(=O)O. The summed E-state index contributed by atoms with van der Waals surface area (Å²) in [7, 11) is -3.98. The van der Waals surface area contributed by atoms with Gasteiger partial charge in [-0.2, -0.15) is 0 Å². The zero-order valence-corrected chi connectivity index (χ0v) is 8.65. The number of carbonyl (C=O) groups is 1. The van der Waals surface area contributed by atoms with Crippen molar-refractivity contribution in [1.29, 1.82) is 0 Å². The van der Waals surface area contributed by atoms with Crippen molar-refractivity contribution >= 4 is 13.6 Å². The first-order valence-electron chi connectivity index (χ1n) is 3.98. The number of aliphatic carboxylic acids is 1. The second-order valence-electron chi connectivity index (χ2n) is 2.79. The van der Waals surface area contributed by atoms with Crippen LogP contribution in [0.25, 0.3) is 0 Å². The van der Waals surface area contributed by atoms with E-state index in [4.69, 9.17) is 14.9 Å². The van der Waals surface area contributed by atoms with E-state index in [9.17, 15) is 9.36 Å². The Morgan fingerprint density at radius 1 is 1.50 bits per heavy atom. The first kappa shape index (κ1) is 13.3. The Labute approximate surface area is 81.8 Å². The molecule has 0 aliphatic rings. The topological polar surface area (TPSA) is 107 Å². The highest BCUT2D eigenvalue weighted by atomic mass is 31.2. The van der Waals surface area contributed by atoms with Gasteiger partial charge in [0, 0.05) is 6.54 Å². The Balaban J connectivity index is 3.65. The van der Waals surface area contributed by atoms with E-state index in [1.807, 2.05) is 0 Å². The third-order valence-corrected chi connectivity index (χ3v) is 2.11. The number of hydrogen-bond acceptors (Lipinski definition) is 3. The molecule has 0 aliphatic heterocycles. The van der Waals surface area contributed by atoms with Crippen molar-refractivity contribution in [1.82, 2.24) is 5.32 Å². The number of hydrogen-bond donors (Lipinski definition) is 4. The third kappa shape index (κ3) is 7.94. The Morgan fingerprint density at radius 2 is 2.07 bits per heavy atom. The average molecular weight is 223 g/mol. The quantitative estimate of drug-likeness (QED) is 0.366. The predicted molar refractivity (Wildman–Crippen MR) is 51.2 cm³/mol. The molecule has 4 N–H and O–H groups in total. The summed E-state index contributed by atoms with van der Waals surface area (Å²) in [4.78, 5) is 27.2. The van der Waals surface area contributed by atoms with Gasteiger partial charge in [-0.15, -0.1) is 0 Å². The molecule has 0 heterocycles. The number of carboxylic acid groups (broad SMARTS) is 1. The van der Waals surface area contributed by atoms with Gasteiger partial charge in [-0.3, -0.25) is 9.36 Å². The fourth-order valence-electron chi connectivity index (χ4n) is 0.627. The van der Waals surface area contributed by atoms with Gasteiger partial charge in [0.15, 0.2) is 0 Å². The molecule has 0 aromatic carbocycles. The molecule has 0 radical (unpaired) electrons. The van der Waals surface area contributed by atoms with Crippen LogP contribution in [0.4, 0.5) is 0 Å². The van der Waals surface area contributed by atoms with Crippen LogP contribution in [0.5, 0.6) is 0 Å². The van der Waals surface area contributed by atoms with E-state index in [0.29, 0.717) is 0 Å². The van der Waals surface area contributed by atoms with Crippen molar-refractivity contribution in [3.05, 3.63) is 12.2 Å². The van der Waals surface area contributed by atoms with Crippen LogP contribution in [-0.4, -0.2) is 39.6 Å². The normalized spacial score (nSPS) is 14.5. The van der Waals surface area contributed by atoms with Crippen molar-refractivity contribution in [2.45, 2.75) is 13.0 Å². The molecule has 0 fully saturated rings. The summed E-state index contributed by atoms with van der Waals surface area (Å²) in [5.74, 6) is -0.964. The molecule has 0 unspecified atom stereocenters. The van der Waals surface area contributed by atoms with Crippen LogP contribution >= 0.6 is 7.60 Å². The molecule has 6 nitrogen and oxygen atoms in total. The molecule has 1 atom stereocenters. The lowest BCUT2D eigenvalue weighted by molar-refractivity contribution is -0.138. The molecule has 0 aromatic heterocycles. The van der Waals surface area contributed by atoms with Gasteiger partial charge in [-0.25, -0.2) is 0 Å². The standard InChI is InChI=1S/C7H14NO5P/c1-6(7(9)10)8-4-2-3-5-14(11,12)13/h2-3,6,8H,4-5H2,1H3,(H,9,10)(H2,11,12,13)/b3-2+/t6-/m0/s1. The summed E-state index contributed by atoms with van der Waals surface area (Å²) in [6.45, 7) is 1.76. The van der Waals surface area contributed by atoms with Crippen molar-refractivity contribution < 1.29 is 24.3 Å². The van der Waals surface area contributed by atoms with Crippen LogP contribution in [-0.2, 0) is 9.36 Å². The molecule has 14 heavy (non-hydrogen) atoms. The van der Waals surface area contributed by atoms with E-state index in [2.05, 4.69) is 5.32 Å². The van der Waals surface area contributed by atoms with Gasteiger partial charge >= 0.3 is 13.6 Å². The maximum Gasteiger partial charge on any atom is 0.329 e. The summed E-state index contributed by atoms with van der Waals surface area (Å²) in [5.41, 5.74) is 0. The van der Waals surface area contributed by atoms with Gasteiger partial charge in [-0.05, 0) is 6.92 Å². The third-order valence-electron chi connectivity index (χ3n) is 1.42. The molecule has 7 heteroatoms. The molecule has 0 amide bonds. The van der Waals surface area contributed by atoms with Crippen LogP contribution < -0.4 is 5.32 Å². The molecule has 0 saturated carbocycles. The number of allylic oxidation sites excluding steroid dienone is 1. The highest BCUT2D eigenvalue weighted by Crippen LogP contribution is 2.33. The molecular weight excluding hydrogens is 209 g/mol. The van der Waals surface area contributed by atoms with E-state index in [1.54, 1.807) is 0 Å². The van der Waals surface area contributed by atoms with Crippen molar-refractivity contribution in [2.24, 2.45) is 0 Å². The van der Waals surface area contributed by atoms with Crippen molar-refractivity contribution in [3.8, 4) is 0 Å².